The molecule has 1 aliphatic rings. The minimum atomic E-state index is -0.219. The fraction of sp³-hybridized carbons (Fsp3) is 0.500. The molecule has 7 heteroatoms. The number of hydrogen-bond acceptors (Lipinski definition) is 5. The number of aromatic nitrogens is 3. The molecule has 1 amide bonds. The molecular weight excluding hydrogens is 272 g/mol. The second-order valence-electron chi connectivity index (χ2n) is 5.06. The van der Waals surface area contributed by atoms with Crippen LogP contribution >= 0.6 is 0 Å². The molecule has 2 aromatic rings. The van der Waals surface area contributed by atoms with Crippen LogP contribution in [0.5, 0.6) is 0 Å². The first-order chi connectivity index (χ1) is 10.3. The molecule has 0 saturated heterocycles. The van der Waals surface area contributed by atoms with Crippen LogP contribution in [0.2, 0.25) is 0 Å². The summed E-state index contributed by atoms with van der Waals surface area (Å²) in [7, 11) is 0. The smallest absolute Gasteiger partial charge is 0.273 e. The van der Waals surface area contributed by atoms with Crippen LogP contribution in [0.25, 0.3) is 0 Å². The van der Waals surface area contributed by atoms with Crippen molar-refractivity contribution in [2.45, 2.75) is 25.3 Å². The zero-order valence-corrected chi connectivity index (χ0v) is 11.7. The lowest BCUT2D eigenvalue weighted by Gasteiger charge is -2.05. The van der Waals surface area contributed by atoms with Crippen molar-refractivity contribution in [3.05, 3.63) is 36.2 Å². The van der Waals surface area contributed by atoms with E-state index in [-0.39, 0.29) is 5.91 Å². The average Bonchev–Trinajstić information content (AvgIpc) is 3.02. The molecule has 2 heterocycles. The predicted molar refractivity (Wildman–Crippen MR) is 73.9 cm³/mol. The molecule has 0 aromatic carbocycles. The molecule has 0 spiro atoms. The summed E-state index contributed by atoms with van der Waals surface area (Å²) < 4.78 is 12.5. The van der Waals surface area contributed by atoms with Crippen molar-refractivity contribution in [1.82, 2.24) is 20.0 Å². The van der Waals surface area contributed by atoms with E-state index >= 15 is 0 Å². The van der Waals surface area contributed by atoms with Gasteiger partial charge in [-0.15, -0.1) is 0 Å². The Hall–Kier alpha value is -2.15. The Morgan fingerprint density at radius 2 is 2.38 bits per heavy atom. The quantitative estimate of drug-likeness (QED) is 0.739. The number of nitrogens with one attached hydrogen (secondary N) is 1. The van der Waals surface area contributed by atoms with Gasteiger partial charge in [0.2, 0.25) is 0 Å². The number of rotatable bonds is 8. The fourth-order valence-corrected chi connectivity index (χ4v) is 1.97. The van der Waals surface area contributed by atoms with Crippen molar-refractivity contribution in [2.75, 3.05) is 19.8 Å². The molecule has 0 radical (unpaired) electrons. The Labute approximate surface area is 122 Å². The molecule has 3 rings (SSSR count). The van der Waals surface area contributed by atoms with Crippen LogP contribution in [0.15, 0.2) is 29.3 Å². The van der Waals surface area contributed by atoms with Crippen molar-refractivity contribution in [2.24, 2.45) is 0 Å². The van der Waals surface area contributed by atoms with Crippen LogP contribution in [0.3, 0.4) is 0 Å². The molecule has 1 N–H and O–H groups in total. The lowest BCUT2D eigenvalue weighted by molar-refractivity contribution is 0.0900. The van der Waals surface area contributed by atoms with Gasteiger partial charge in [-0.2, -0.15) is 0 Å². The van der Waals surface area contributed by atoms with Gasteiger partial charge in [0.25, 0.3) is 5.91 Å². The fourth-order valence-electron chi connectivity index (χ4n) is 1.97. The van der Waals surface area contributed by atoms with Crippen LogP contribution in [-0.4, -0.2) is 40.4 Å². The first-order valence-corrected chi connectivity index (χ1v) is 7.11. The summed E-state index contributed by atoms with van der Waals surface area (Å²) in [5.41, 5.74) is 0.343. The SMILES string of the molecule is O=C(NCCOCCn1ccnc1)c1cc(C2CC2)on1. The molecule has 1 saturated carbocycles. The Balaban J connectivity index is 1.30. The maximum absolute atomic E-state index is 11.8. The molecule has 7 nitrogen and oxygen atoms in total. The van der Waals surface area contributed by atoms with Gasteiger partial charge >= 0.3 is 0 Å². The highest BCUT2D eigenvalue weighted by Gasteiger charge is 2.28. The maximum Gasteiger partial charge on any atom is 0.273 e. The molecule has 112 valence electrons. The largest absolute Gasteiger partial charge is 0.378 e. The van der Waals surface area contributed by atoms with Gasteiger partial charge < -0.3 is 19.1 Å². The number of carbonyl (C=O) groups is 1. The third-order valence-electron chi connectivity index (χ3n) is 3.33. The normalized spacial score (nSPS) is 14.3. The van der Waals surface area contributed by atoms with Crippen molar-refractivity contribution in [3.8, 4) is 0 Å². The first kappa shape index (κ1) is 13.8. The second kappa shape index (κ2) is 6.53. The summed E-state index contributed by atoms with van der Waals surface area (Å²) >= 11 is 0. The van der Waals surface area contributed by atoms with Gasteiger partial charge in [0.1, 0.15) is 5.76 Å². The summed E-state index contributed by atoms with van der Waals surface area (Å²) in [4.78, 5) is 15.8. The number of ether oxygens (including phenoxy) is 1. The summed E-state index contributed by atoms with van der Waals surface area (Å²) in [6.07, 6.45) is 7.61. The van der Waals surface area contributed by atoms with Gasteiger partial charge in [-0.1, -0.05) is 5.16 Å². The summed E-state index contributed by atoms with van der Waals surface area (Å²) in [6.45, 7) is 2.26. The number of nitrogens with zero attached hydrogens (tertiary/aromatic N) is 3. The zero-order chi connectivity index (χ0) is 14.5. The minimum Gasteiger partial charge on any atom is -0.378 e. The molecule has 0 atom stereocenters. The third-order valence-corrected chi connectivity index (χ3v) is 3.33. The van der Waals surface area contributed by atoms with E-state index in [9.17, 15) is 4.79 Å². The lowest BCUT2D eigenvalue weighted by Crippen LogP contribution is -2.27. The molecule has 0 bridgehead atoms. The summed E-state index contributed by atoms with van der Waals surface area (Å²) in [6, 6.07) is 1.73. The van der Waals surface area contributed by atoms with Crippen LogP contribution in [0.1, 0.15) is 35.0 Å². The zero-order valence-electron chi connectivity index (χ0n) is 11.7. The Morgan fingerprint density at radius 3 is 3.14 bits per heavy atom. The van der Waals surface area contributed by atoms with E-state index in [1.807, 2.05) is 10.8 Å². The van der Waals surface area contributed by atoms with Crippen molar-refractivity contribution in [1.29, 1.82) is 0 Å². The topological polar surface area (TPSA) is 82.2 Å². The Kier molecular flexibility index (Phi) is 4.30. The number of amides is 1. The van der Waals surface area contributed by atoms with Crippen LogP contribution in [0, 0.1) is 0 Å². The molecule has 1 aliphatic carbocycles. The van der Waals surface area contributed by atoms with Crippen LogP contribution in [0.4, 0.5) is 0 Å². The van der Waals surface area contributed by atoms with E-state index in [0.717, 1.165) is 25.1 Å². The molecule has 1 fully saturated rings. The van der Waals surface area contributed by atoms with Crippen molar-refractivity contribution >= 4 is 5.91 Å². The van der Waals surface area contributed by atoms with E-state index in [0.29, 0.717) is 31.4 Å². The number of carbonyl (C=O) groups excluding carboxylic acids is 1. The van der Waals surface area contributed by atoms with E-state index in [2.05, 4.69) is 15.5 Å². The van der Waals surface area contributed by atoms with Crippen LogP contribution < -0.4 is 5.32 Å². The van der Waals surface area contributed by atoms with Crippen molar-refractivity contribution in [3.63, 3.8) is 0 Å². The molecule has 2 aromatic heterocycles. The van der Waals surface area contributed by atoms with E-state index < -0.39 is 0 Å². The highest BCUT2D eigenvalue weighted by atomic mass is 16.5. The van der Waals surface area contributed by atoms with E-state index in [1.54, 1.807) is 18.6 Å². The van der Waals surface area contributed by atoms with Gasteiger partial charge in [0, 0.05) is 37.5 Å². The van der Waals surface area contributed by atoms with E-state index in [4.69, 9.17) is 9.26 Å². The lowest BCUT2D eigenvalue weighted by atomic mass is 10.3. The molecular formula is C14H18N4O3. The first-order valence-electron chi connectivity index (χ1n) is 7.11. The minimum absolute atomic E-state index is 0.219. The molecule has 0 aliphatic heterocycles. The molecule has 0 unspecified atom stereocenters. The summed E-state index contributed by atoms with van der Waals surface area (Å²) in [5, 5.41) is 6.55. The predicted octanol–water partition coefficient (Wildman–Crippen LogP) is 1.20. The van der Waals surface area contributed by atoms with Crippen LogP contribution in [-0.2, 0) is 11.3 Å². The standard InChI is InChI=1S/C14H18N4O3/c19-14(12-9-13(21-17-12)11-1-2-11)16-4-7-20-8-6-18-5-3-15-10-18/h3,5,9-11H,1-2,4,6-8H2,(H,16,19). The van der Waals surface area contributed by atoms with Gasteiger partial charge in [-0.25, -0.2) is 4.98 Å². The van der Waals surface area contributed by atoms with Gasteiger partial charge in [0.05, 0.1) is 19.5 Å². The second-order valence-corrected chi connectivity index (χ2v) is 5.06. The highest BCUT2D eigenvalue weighted by Crippen LogP contribution is 2.40. The third kappa shape index (κ3) is 3.91. The number of hydrogen-bond donors (Lipinski definition) is 1. The van der Waals surface area contributed by atoms with Gasteiger partial charge in [-0.05, 0) is 12.8 Å². The average molecular weight is 290 g/mol. The van der Waals surface area contributed by atoms with Crippen molar-refractivity contribution < 1.29 is 14.1 Å². The Bertz CT molecular complexity index is 575. The highest BCUT2D eigenvalue weighted by molar-refractivity contribution is 5.92. The monoisotopic (exact) mass is 290 g/mol. The summed E-state index contributed by atoms with van der Waals surface area (Å²) in [5.74, 6) is 1.06. The van der Waals surface area contributed by atoms with E-state index in [1.165, 1.54) is 0 Å². The Morgan fingerprint density at radius 1 is 1.48 bits per heavy atom. The number of imidazole rings is 1. The molecule has 21 heavy (non-hydrogen) atoms. The van der Waals surface area contributed by atoms with Gasteiger partial charge in [-0.3, -0.25) is 4.79 Å². The maximum atomic E-state index is 11.8. The van der Waals surface area contributed by atoms with Gasteiger partial charge in [0.15, 0.2) is 5.69 Å².